The maximum atomic E-state index is 6.44. The maximum Gasteiger partial charge on any atom is 0.192 e. The van der Waals surface area contributed by atoms with E-state index in [-0.39, 0.29) is 0 Å². The summed E-state index contributed by atoms with van der Waals surface area (Å²) >= 11 is 0. The van der Waals surface area contributed by atoms with Crippen LogP contribution in [0.4, 0.5) is 0 Å². The first-order valence-corrected chi connectivity index (χ1v) is 9.66. The number of rotatable bonds is 4. The Bertz CT molecular complexity index is 230. The molecule has 0 aromatic heterocycles. The van der Waals surface area contributed by atoms with Crippen molar-refractivity contribution in [3.8, 4) is 0 Å². The average molecular weight is 259 g/mol. The molecule has 1 rings (SSSR count). The standard InChI is InChI=1S/C13H29NO2Si/c1-13(2,3)17(4,5)16-12-8-6-11(7-9-12)10-15-14/h11-12H,6-10,14H2,1-5H3. The van der Waals surface area contributed by atoms with Crippen molar-refractivity contribution in [1.29, 1.82) is 0 Å². The second-order valence-corrected chi connectivity index (χ2v) is 11.6. The Morgan fingerprint density at radius 3 is 2.06 bits per heavy atom. The van der Waals surface area contributed by atoms with E-state index in [2.05, 4.69) is 33.9 Å². The molecule has 0 atom stereocenters. The van der Waals surface area contributed by atoms with Crippen LogP contribution in [-0.2, 0) is 9.26 Å². The third-order valence-corrected chi connectivity index (χ3v) is 8.93. The van der Waals surface area contributed by atoms with Crippen molar-refractivity contribution in [3.63, 3.8) is 0 Å². The Morgan fingerprint density at radius 1 is 1.12 bits per heavy atom. The lowest BCUT2D eigenvalue weighted by molar-refractivity contribution is 0.0552. The zero-order valence-electron chi connectivity index (χ0n) is 12.1. The Kier molecular flexibility index (Phi) is 5.19. The molecule has 0 unspecified atom stereocenters. The molecule has 0 saturated heterocycles. The smallest absolute Gasteiger partial charge is 0.192 e. The molecule has 17 heavy (non-hydrogen) atoms. The van der Waals surface area contributed by atoms with Crippen molar-refractivity contribution in [3.05, 3.63) is 0 Å². The van der Waals surface area contributed by atoms with Gasteiger partial charge in [-0.05, 0) is 49.7 Å². The highest BCUT2D eigenvalue weighted by atomic mass is 28.4. The van der Waals surface area contributed by atoms with Gasteiger partial charge in [-0.2, -0.15) is 0 Å². The monoisotopic (exact) mass is 259 g/mol. The van der Waals surface area contributed by atoms with Crippen LogP contribution in [0, 0.1) is 5.92 Å². The van der Waals surface area contributed by atoms with E-state index < -0.39 is 8.32 Å². The number of hydrogen-bond donors (Lipinski definition) is 1. The Morgan fingerprint density at radius 2 is 1.65 bits per heavy atom. The normalized spacial score (nSPS) is 27.2. The zero-order chi connectivity index (χ0) is 13.1. The summed E-state index contributed by atoms with van der Waals surface area (Å²) in [5.74, 6) is 5.77. The van der Waals surface area contributed by atoms with Crippen molar-refractivity contribution in [2.24, 2.45) is 11.8 Å². The molecule has 0 aromatic carbocycles. The van der Waals surface area contributed by atoms with Crippen LogP contribution >= 0.6 is 0 Å². The van der Waals surface area contributed by atoms with Gasteiger partial charge >= 0.3 is 0 Å². The largest absolute Gasteiger partial charge is 0.414 e. The molecule has 0 spiro atoms. The van der Waals surface area contributed by atoms with E-state index in [9.17, 15) is 0 Å². The molecular weight excluding hydrogens is 230 g/mol. The van der Waals surface area contributed by atoms with Crippen molar-refractivity contribution in [2.75, 3.05) is 6.61 Å². The van der Waals surface area contributed by atoms with E-state index in [0.717, 1.165) is 0 Å². The number of nitrogens with two attached hydrogens (primary N) is 1. The van der Waals surface area contributed by atoms with Crippen LogP contribution in [0.3, 0.4) is 0 Å². The summed E-state index contributed by atoms with van der Waals surface area (Å²) in [5.41, 5.74) is 0. The highest BCUT2D eigenvalue weighted by Crippen LogP contribution is 2.39. The molecule has 1 fully saturated rings. The summed E-state index contributed by atoms with van der Waals surface area (Å²) in [6, 6.07) is 0. The van der Waals surface area contributed by atoms with Gasteiger partial charge in [0.15, 0.2) is 8.32 Å². The first kappa shape index (κ1) is 15.2. The van der Waals surface area contributed by atoms with Gasteiger partial charge in [0.1, 0.15) is 0 Å². The minimum absolute atomic E-state index is 0.310. The van der Waals surface area contributed by atoms with Crippen LogP contribution in [0.25, 0.3) is 0 Å². The Labute approximate surface area is 107 Å². The Balaban J connectivity index is 2.40. The molecule has 0 aliphatic heterocycles. The summed E-state index contributed by atoms with van der Waals surface area (Å²) in [7, 11) is -1.59. The molecule has 0 aromatic rings. The van der Waals surface area contributed by atoms with E-state index in [1.165, 1.54) is 25.7 Å². The molecule has 1 aliphatic rings. The van der Waals surface area contributed by atoms with Gasteiger partial charge in [-0.25, -0.2) is 5.90 Å². The van der Waals surface area contributed by atoms with Crippen molar-refractivity contribution in [1.82, 2.24) is 0 Å². The van der Waals surface area contributed by atoms with Gasteiger partial charge in [0, 0.05) is 6.10 Å². The van der Waals surface area contributed by atoms with E-state index in [1.807, 2.05) is 0 Å². The van der Waals surface area contributed by atoms with Crippen LogP contribution < -0.4 is 5.90 Å². The summed E-state index contributed by atoms with van der Waals surface area (Å²) in [6.07, 6.45) is 5.18. The lowest BCUT2D eigenvalue weighted by atomic mass is 9.88. The molecule has 1 aliphatic carbocycles. The predicted octanol–water partition coefficient (Wildman–Crippen LogP) is 3.46. The zero-order valence-corrected chi connectivity index (χ0v) is 13.1. The van der Waals surface area contributed by atoms with Crippen molar-refractivity contribution >= 4 is 8.32 Å². The summed E-state index contributed by atoms with van der Waals surface area (Å²) in [5, 5.41) is 0.310. The summed E-state index contributed by atoms with van der Waals surface area (Å²) in [6.45, 7) is 12.3. The van der Waals surface area contributed by atoms with Crippen LogP contribution in [0.2, 0.25) is 18.1 Å². The van der Waals surface area contributed by atoms with Crippen LogP contribution in [0.5, 0.6) is 0 Å². The van der Waals surface area contributed by atoms with Gasteiger partial charge in [-0.15, -0.1) is 0 Å². The van der Waals surface area contributed by atoms with Crippen molar-refractivity contribution < 1.29 is 9.26 Å². The lowest BCUT2D eigenvalue weighted by Gasteiger charge is -2.41. The van der Waals surface area contributed by atoms with Crippen LogP contribution in [-0.4, -0.2) is 21.0 Å². The van der Waals surface area contributed by atoms with Gasteiger partial charge in [0.25, 0.3) is 0 Å². The molecular formula is C13H29NO2Si. The van der Waals surface area contributed by atoms with Crippen LogP contribution in [0.15, 0.2) is 0 Å². The molecule has 2 N–H and O–H groups in total. The fourth-order valence-electron chi connectivity index (χ4n) is 2.15. The van der Waals surface area contributed by atoms with E-state index >= 15 is 0 Å². The van der Waals surface area contributed by atoms with Gasteiger partial charge in [0.2, 0.25) is 0 Å². The van der Waals surface area contributed by atoms with E-state index in [0.29, 0.717) is 23.7 Å². The molecule has 0 amide bonds. The molecule has 0 radical (unpaired) electrons. The lowest BCUT2D eigenvalue weighted by Crippen LogP contribution is -2.44. The third kappa shape index (κ3) is 4.36. The van der Waals surface area contributed by atoms with E-state index in [4.69, 9.17) is 15.2 Å². The fourth-order valence-corrected chi connectivity index (χ4v) is 3.57. The van der Waals surface area contributed by atoms with Crippen LogP contribution in [0.1, 0.15) is 46.5 Å². The SMILES string of the molecule is CC(C)(C)[Si](C)(C)OC1CCC(CON)CC1. The van der Waals surface area contributed by atoms with Gasteiger partial charge in [-0.3, -0.25) is 0 Å². The predicted molar refractivity (Wildman–Crippen MR) is 74.2 cm³/mol. The minimum atomic E-state index is -1.59. The molecule has 102 valence electrons. The van der Waals surface area contributed by atoms with Gasteiger partial charge in [-0.1, -0.05) is 20.8 Å². The maximum absolute atomic E-state index is 6.44. The third-order valence-electron chi connectivity index (χ3n) is 4.39. The quantitative estimate of drug-likeness (QED) is 0.621. The topological polar surface area (TPSA) is 44.5 Å². The first-order valence-electron chi connectivity index (χ1n) is 6.76. The first-order chi connectivity index (χ1) is 7.76. The second-order valence-electron chi connectivity index (χ2n) is 6.85. The average Bonchev–Trinajstić information content (AvgIpc) is 2.19. The summed E-state index contributed by atoms with van der Waals surface area (Å²) < 4.78 is 6.44. The minimum Gasteiger partial charge on any atom is -0.414 e. The molecule has 0 bridgehead atoms. The van der Waals surface area contributed by atoms with Gasteiger partial charge in [0.05, 0.1) is 6.61 Å². The highest BCUT2D eigenvalue weighted by Gasteiger charge is 2.39. The Hall–Kier alpha value is 0.0969. The molecule has 3 nitrogen and oxygen atoms in total. The van der Waals surface area contributed by atoms with Gasteiger partial charge < -0.3 is 9.26 Å². The molecule has 4 heteroatoms. The van der Waals surface area contributed by atoms with E-state index in [1.54, 1.807) is 0 Å². The highest BCUT2D eigenvalue weighted by molar-refractivity contribution is 6.74. The molecule has 1 saturated carbocycles. The fraction of sp³-hybridized carbons (Fsp3) is 1.00. The van der Waals surface area contributed by atoms with Crippen molar-refractivity contribution in [2.45, 2.75) is 70.7 Å². The molecule has 0 heterocycles. The second kappa shape index (κ2) is 5.82. The number of hydrogen-bond acceptors (Lipinski definition) is 3. The summed E-state index contributed by atoms with van der Waals surface area (Å²) in [4.78, 5) is 4.74.